The zero-order valence-electron chi connectivity index (χ0n) is 11.9. The van der Waals surface area contributed by atoms with E-state index in [9.17, 15) is 5.11 Å². The molecule has 1 aromatic heterocycles. The number of aliphatic hydroxyl groups is 1. The third kappa shape index (κ3) is 2.46. The van der Waals surface area contributed by atoms with E-state index in [1.165, 1.54) is 12.8 Å². The van der Waals surface area contributed by atoms with Crippen LogP contribution in [0.25, 0.3) is 0 Å². The minimum Gasteiger partial charge on any atom is -0.386 e. The number of hydrogen-bond acceptors (Lipinski definition) is 2. The van der Waals surface area contributed by atoms with Gasteiger partial charge in [0.05, 0.1) is 5.69 Å². The van der Waals surface area contributed by atoms with Crippen molar-refractivity contribution in [1.82, 2.24) is 9.78 Å². The summed E-state index contributed by atoms with van der Waals surface area (Å²) in [5.74, 6) is 0.635. The highest BCUT2D eigenvalue weighted by atomic mass is 16.3. The van der Waals surface area contributed by atoms with Gasteiger partial charge in [-0.05, 0) is 38.2 Å². The average Bonchev–Trinajstić information content (AvgIpc) is 2.95. The first-order valence-electron chi connectivity index (χ1n) is 7.29. The van der Waals surface area contributed by atoms with Gasteiger partial charge in [-0.3, -0.25) is 4.68 Å². The average molecular weight is 250 g/mol. The van der Waals surface area contributed by atoms with Gasteiger partial charge in [0, 0.05) is 18.2 Å². The second kappa shape index (κ2) is 5.43. The molecule has 0 aromatic carbocycles. The standard InChI is InChI=1S/C15H26N2O/c1-4-17-13(7-10-16-17)14(18)15(11-12(2)3)8-5-6-9-15/h7,10,12,14,18H,4-6,8-9,11H2,1-3H3. The van der Waals surface area contributed by atoms with Gasteiger partial charge >= 0.3 is 0 Å². The van der Waals surface area contributed by atoms with E-state index in [-0.39, 0.29) is 11.5 Å². The zero-order valence-corrected chi connectivity index (χ0v) is 11.9. The van der Waals surface area contributed by atoms with Crippen molar-refractivity contribution in [1.29, 1.82) is 0 Å². The molecule has 1 aliphatic rings. The molecule has 1 atom stereocenters. The van der Waals surface area contributed by atoms with Crippen LogP contribution < -0.4 is 0 Å². The molecule has 1 unspecified atom stereocenters. The topological polar surface area (TPSA) is 38.0 Å². The zero-order chi connectivity index (χ0) is 13.2. The summed E-state index contributed by atoms with van der Waals surface area (Å²) in [7, 11) is 0. The fourth-order valence-electron chi connectivity index (χ4n) is 3.63. The molecular weight excluding hydrogens is 224 g/mol. The van der Waals surface area contributed by atoms with E-state index in [1.54, 1.807) is 6.20 Å². The molecule has 1 aromatic rings. The molecule has 0 radical (unpaired) electrons. The van der Waals surface area contributed by atoms with E-state index >= 15 is 0 Å². The highest BCUT2D eigenvalue weighted by molar-refractivity contribution is 5.10. The van der Waals surface area contributed by atoms with E-state index in [2.05, 4.69) is 25.9 Å². The second-order valence-corrected chi connectivity index (χ2v) is 6.14. The van der Waals surface area contributed by atoms with Crippen LogP contribution in [0, 0.1) is 11.3 Å². The lowest BCUT2D eigenvalue weighted by molar-refractivity contribution is 0.00505. The van der Waals surface area contributed by atoms with Crippen molar-refractivity contribution >= 4 is 0 Å². The largest absolute Gasteiger partial charge is 0.386 e. The quantitative estimate of drug-likeness (QED) is 0.868. The minimum atomic E-state index is -0.357. The molecule has 1 fully saturated rings. The molecule has 0 amide bonds. The van der Waals surface area contributed by atoms with Crippen LogP contribution in [-0.2, 0) is 6.54 Å². The maximum atomic E-state index is 10.9. The summed E-state index contributed by atoms with van der Waals surface area (Å²) in [6.45, 7) is 7.41. The Morgan fingerprint density at radius 2 is 2.06 bits per heavy atom. The second-order valence-electron chi connectivity index (χ2n) is 6.14. The molecule has 0 saturated heterocycles. The molecule has 18 heavy (non-hydrogen) atoms. The number of aryl methyl sites for hydroxylation is 1. The lowest BCUT2D eigenvalue weighted by Gasteiger charge is -2.36. The van der Waals surface area contributed by atoms with E-state index in [4.69, 9.17) is 0 Å². The molecule has 0 aliphatic heterocycles. The third-order valence-corrected chi connectivity index (χ3v) is 4.32. The number of aromatic nitrogens is 2. The Morgan fingerprint density at radius 1 is 1.39 bits per heavy atom. The molecule has 1 heterocycles. The molecular formula is C15H26N2O. The van der Waals surface area contributed by atoms with Crippen molar-refractivity contribution < 1.29 is 5.11 Å². The van der Waals surface area contributed by atoms with Gasteiger partial charge in [0.15, 0.2) is 0 Å². The van der Waals surface area contributed by atoms with Crippen molar-refractivity contribution in [3.05, 3.63) is 18.0 Å². The minimum absolute atomic E-state index is 0.0844. The predicted octanol–water partition coefficient (Wildman–Crippen LogP) is 3.54. The lowest BCUT2D eigenvalue weighted by Crippen LogP contribution is -2.29. The summed E-state index contributed by atoms with van der Waals surface area (Å²) < 4.78 is 1.94. The monoisotopic (exact) mass is 250 g/mol. The van der Waals surface area contributed by atoms with E-state index < -0.39 is 0 Å². The van der Waals surface area contributed by atoms with E-state index in [0.29, 0.717) is 5.92 Å². The highest BCUT2D eigenvalue weighted by Crippen LogP contribution is 2.51. The predicted molar refractivity (Wildman–Crippen MR) is 73.2 cm³/mol. The smallest absolute Gasteiger partial charge is 0.101 e. The van der Waals surface area contributed by atoms with Crippen LogP contribution >= 0.6 is 0 Å². The Labute approximate surface area is 110 Å². The number of nitrogens with zero attached hydrogens (tertiary/aromatic N) is 2. The van der Waals surface area contributed by atoms with Crippen molar-refractivity contribution in [2.24, 2.45) is 11.3 Å². The van der Waals surface area contributed by atoms with Crippen LogP contribution in [-0.4, -0.2) is 14.9 Å². The third-order valence-electron chi connectivity index (χ3n) is 4.32. The summed E-state index contributed by atoms with van der Waals surface area (Å²) in [5, 5.41) is 15.2. The summed E-state index contributed by atoms with van der Waals surface area (Å²) in [4.78, 5) is 0. The first-order valence-corrected chi connectivity index (χ1v) is 7.29. The molecule has 2 rings (SSSR count). The Hall–Kier alpha value is -0.830. The number of hydrogen-bond donors (Lipinski definition) is 1. The van der Waals surface area contributed by atoms with Crippen LogP contribution in [0.5, 0.6) is 0 Å². The molecule has 1 N–H and O–H groups in total. The van der Waals surface area contributed by atoms with Crippen molar-refractivity contribution in [3.8, 4) is 0 Å². The molecule has 3 heteroatoms. The van der Waals surface area contributed by atoms with Crippen LogP contribution in [0.4, 0.5) is 0 Å². The fourth-order valence-corrected chi connectivity index (χ4v) is 3.63. The van der Waals surface area contributed by atoms with Crippen molar-refractivity contribution in [3.63, 3.8) is 0 Å². The summed E-state index contributed by atoms with van der Waals surface area (Å²) in [5.41, 5.74) is 1.08. The Morgan fingerprint density at radius 3 is 2.61 bits per heavy atom. The Bertz CT molecular complexity index is 378. The molecule has 1 aliphatic carbocycles. The van der Waals surface area contributed by atoms with Crippen molar-refractivity contribution in [2.45, 2.75) is 65.5 Å². The molecule has 102 valence electrons. The Kier molecular flexibility index (Phi) is 4.10. The summed E-state index contributed by atoms with van der Waals surface area (Å²) in [6.07, 6.45) is 7.38. The highest BCUT2D eigenvalue weighted by Gasteiger charge is 2.42. The van der Waals surface area contributed by atoms with Gasteiger partial charge in [0.1, 0.15) is 6.10 Å². The van der Waals surface area contributed by atoms with E-state index in [1.807, 2.05) is 10.7 Å². The summed E-state index contributed by atoms with van der Waals surface area (Å²) >= 11 is 0. The van der Waals surface area contributed by atoms with Gasteiger partial charge in [-0.2, -0.15) is 5.10 Å². The van der Waals surface area contributed by atoms with E-state index in [0.717, 1.165) is 31.5 Å². The van der Waals surface area contributed by atoms with Gasteiger partial charge in [-0.25, -0.2) is 0 Å². The maximum absolute atomic E-state index is 10.9. The first-order chi connectivity index (χ1) is 8.59. The van der Waals surface area contributed by atoms with Crippen LogP contribution in [0.1, 0.15) is 64.7 Å². The fraction of sp³-hybridized carbons (Fsp3) is 0.800. The van der Waals surface area contributed by atoms with Crippen LogP contribution in [0.15, 0.2) is 12.3 Å². The van der Waals surface area contributed by atoms with Crippen LogP contribution in [0.3, 0.4) is 0 Å². The normalized spacial score (nSPS) is 20.5. The van der Waals surface area contributed by atoms with Crippen LogP contribution in [0.2, 0.25) is 0 Å². The van der Waals surface area contributed by atoms with Gasteiger partial charge in [-0.1, -0.05) is 26.7 Å². The molecule has 1 saturated carbocycles. The van der Waals surface area contributed by atoms with Gasteiger partial charge in [0.2, 0.25) is 0 Å². The molecule has 0 bridgehead atoms. The first kappa shape index (κ1) is 13.6. The van der Waals surface area contributed by atoms with Gasteiger partial charge in [-0.15, -0.1) is 0 Å². The van der Waals surface area contributed by atoms with Gasteiger partial charge in [0.25, 0.3) is 0 Å². The Balaban J connectivity index is 2.25. The SMILES string of the molecule is CCn1nccc1C(O)C1(CC(C)C)CCCC1. The number of rotatable bonds is 5. The number of aliphatic hydroxyl groups excluding tert-OH is 1. The van der Waals surface area contributed by atoms with Crippen molar-refractivity contribution in [2.75, 3.05) is 0 Å². The molecule has 0 spiro atoms. The lowest BCUT2D eigenvalue weighted by atomic mass is 9.73. The maximum Gasteiger partial charge on any atom is 0.101 e. The summed E-state index contributed by atoms with van der Waals surface area (Å²) in [6, 6.07) is 1.98. The van der Waals surface area contributed by atoms with Gasteiger partial charge < -0.3 is 5.11 Å². The molecule has 3 nitrogen and oxygen atoms in total.